The van der Waals surface area contributed by atoms with Crippen LogP contribution >= 0.6 is 0 Å². The van der Waals surface area contributed by atoms with E-state index in [1.165, 1.54) is 43.9 Å². The number of nitrogens with zero attached hydrogens (tertiary/aromatic N) is 1. The minimum atomic E-state index is -3.96. The highest BCUT2D eigenvalue weighted by Crippen LogP contribution is 2.29. The fraction of sp³-hybridized carbons (Fsp3) is 0.571. The lowest BCUT2D eigenvalue weighted by molar-refractivity contribution is 0.0310. The molecule has 0 radical (unpaired) electrons. The molecule has 1 heterocycles. The van der Waals surface area contributed by atoms with Gasteiger partial charge in [-0.3, -0.25) is 0 Å². The molecule has 27 heavy (non-hydrogen) atoms. The summed E-state index contributed by atoms with van der Waals surface area (Å²) < 4.78 is 32.1. The Kier molecular flexibility index (Phi) is 7.90. The summed E-state index contributed by atoms with van der Waals surface area (Å²) in [5.74, 6) is 0. The Hall–Kier alpha value is -1.82. The fourth-order valence-corrected chi connectivity index (χ4v) is 4.84. The summed E-state index contributed by atoms with van der Waals surface area (Å²) in [6, 6.07) is 5.88. The number of carbonyl (C=O) groups is 1. The number of amides is 1. The number of hydrogen-bond acceptors (Lipinski definition) is 4. The van der Waals surface area contributed by atoms with Crippen molar-refractivity contribution in [1.82, 2.24) is 4.31 Å². The lowest BCUT2D eigenvalue weighted by Crippen LogP contribution is -2.50. The lowest BCUT2D eigenvalue weighted by atomic mass is 10.0. The topological polar surface area (TPSA) is 63.7 Å². The van der Waals surface area contributed by atoms with Crippen molar-refractivity contribution in [2.24, 2.45) is 0 Å². The molecule has 0 N–H and O–H groups in total. The van der Waals surface area contributed by atoms with Crippen molar-refractivity contribution < 1.29 is 17.9 Å². The van der Waals surface area contributed by atoms with Crippen molar-refractivity contribution in [3.05, 3.63) is 42.5 Å². The normalized spacial score (nSPS) is 20.4. The van der Waals surface area contributed by atoms with Gasteiger partial charge in [-0.1, -0.05) is 62.8 Å². The fourth-order valence-electron chi connectivity index (χ4n) is 3.36. The predicted molar refractivity (Wildman–Crippen MR) is 107 cm³/mol. The largest absolute Gasteiger partial charge is 0.445 e. The van der Waals surface area contributed by atoms with E-state index in [0.29, 0.717) is 6.42 Å². The molecule has 0 bridgehead atoms. The molecule has 1 aliphatic heterocycles. The predicted octanol–water partition coefficient (Wildman–Crippen LogP) is 5.20. The summed E-state index contributed by atoms with van der Waals surface area (Å²) in [5.41, 5.74) is 0.953. The molecule has 0 aliphatic carbocycles. The molecular formula is C21H31NO4S. The number of cyclic esters (lactones) is 1. The molecule has 1 amide bonds. The van der Waals surface area contributed by atoms with Crippen LogP contribution in [0.4, 0.5) is 4.79 Å². The van der Waals surface area contributed by atoms with Crippen LogP contribution in [-0.4, -0.2) is 31.0 Å². The van der Waals surface area contributed by atoms with Crippen LogP contribution in [0.15, 0.2) is 41.8 Å². The third-order valence-corrected chi connectivity index (χ3v) is 6.79. The van der Waals surface area contributed by atoms with E-state index in [9.17, 15) is 13.2 Å². The number of carbonyl (C=O) groups excluding carboxylic acids is 1. The van der Waals surface area contributed by atoms with E-state index in [-0.39, 0.29) is 11.0 Å². The van der Waals surface area contributed by atoms with Crippen LogP contribution in [-0.2, 0) is 14.8 Å². The Labute approximate surface area is 163 Å². The zero-order chi connectivity index (χ0) is 19.9. The molecule has 1 aromatic carbocycles. The van der Waals surface area contributed by atoms with Gasteiger partial charge >= 0.3 is 6.09 Å². The van der Waals surface area contributed by atoms with Gasteiger partial charge in [0.1, 0.15) is 6.10 Å². The van der Waals surface area contributed by atoms with Crippen LogP contribution in [0.3, 0.4) is 0 Å². The van der Waals surface area contributed by atoms with Crippen molar-refractivity contribution in [2.45, 2.75) is 82.3 Å². The first-order valence-electron chi connectivity index (χ1n) is 9.84. The summed E-state index contributed by atoms with van der Waals surface area (Å²) >= 11 is 0. The number of sulfonamides is 1. The summed E-state index contributed by atoms with van der Waals surface area (Å²) in [5, 5.41) is 0. The van der Waals surface area contributed by atoms with Crippen LogP contribution < -0.4 is 0 Å². The number of rotatable bonds is 10. The average molecular weight is 394 g/mol. The second kappa shape index (κ2) is 9.93. The molecular weight excluding hydrogens is 362 g/mol. The maximum atomic E-state index is 12.9. The maximum absolute atomic E-state index is 12.9. The molecule has 2 rings (SSSR count). The molecule has 0 spiro atoms. The monoisotopic (exact) mass is 393 g/mol. The Morgan fingerprint density at radius 2 is 1.78 bits per heavy atom. The Morgan fingerprint density at radius 1 is 1.15 bits per heavy atom. The van der Waals surface area contributed by atoms with Gasteiger partial charge in [0.05, 0.1) is 10.9 Å². The van der Waals surface area contributed by atoms with Gasteiger partial charge in [0.2, 0.25) is 0 Å². The summed E-state index contributed by atoms with van der Waals surface area (Å²) in [6.07, 6.45) is 8.67. The van der Waals surface area contributed by atoms with E-state index in [1.54, 1.807) is 12.1 Å². The minimum Gasteiger partial charge on any atom is -0.445 e. The highest BCUT2D eigenvalue weighted by molar-refractivity contribution is 7.89. The van der Waals surface area contributed by atoms with Gasteiger partial charge in [-0.2, -0.15) is 4.31 Å². The summed E-state index contributed by atoms with van der Waals surface area (Å²) in [7, 11) is -3.96. The molecule has 2 atom stereocenters. The van der Waals surface area contributed by atoms with Crippen molar-refractivity contribution in [2.75, 3.05) is 0 Å². The lowest BCUT2D eigenvalue weighted by Gasteiger charge is -2.36. The second-order valence-electron chi connectivity index (χ2n) is 7.21. The van der Waals surface area contributed by atoms with Crippen molar-refractivity contribution in [1.29, 1.82) is 0 Å². The SMILES string of the molecule is C=C[C@H]1C[C@@H](CCCCCCCC)OC(=O)N1S(=O)(=O)c1ccc(C)cc1. The molecule has 1 saturated heterocycles. The molecule has 1 aromatic rings. The summed E-state index contributed by atoms with van der Waals surface area (Å²) in [6.45, 7) is 7.81. The zero-order valence-electron chi connectivity index (χ0n) is 16.4. The van der Waals surface area contributed by atoms with Crippen LogP contribution in [0.2, 0.25) is 0 Å². The number of benzene rings is 1. The minimum absolute atomic E-state index is 0.0891. The van der Waals surface area contributed by atoms with E-state index in [4.69, 9.17) is 4.74 Å². The molecule has 0 aromatic heterocycles. The first-order valence-corrected chi connectivity index (χ1v) is 11.3. The first-order chi connectivity index (χ1) is 12.9. The number of unbranched alkanes of at least 4 members (excludes halogenated alkanes) is 5. The standard InChI is InChI=1S/C21H31NO4S/c1-4-6-7-8-9-10-11-19-16-18(5-2)22(21(23)26-19)27(24,25)20-14-12-17(3)13-15-20/h5,12-15,18-19H,2,4,6-11,16H2,1,3H3/t18-,19+/m0/s1. The number of aryl methyl sites for hydroxylation is 1. The average Bonchev–Trinajstić information content (AvgIpc) is 2.64. The maximum Gasteiger partial charge on any atom is 0.424 e. The smallest absolute Gasteiger partial charge is 0.424 e. The van der Waals surface area contributed by atoms with Crippen molar-refractivity contribution in [3.8, 4) is 0 Å². The van der Waals surface area contributed by atoms with Gasteiger partial charge < -0.3 is 4.74 Å². The highest BCUT2D eigenvalue weighted by Gasteiger charge is 2.41. The zero-order valence-corrected chi connectivity index (χ0v) is 17.2. The Balaban J connectivity index is 2.01. The summed E-state index contributed by atoms with van der Waals surface area (Å²) in [4.78, 5) is 12.6. The molecule has 1 aliphatic rings. The highest BCUT2D eigenvalue weighted by atomic mass is 32.2. The van der Waals surface area contributed by atoms with Gasteiger partial charge in [0.25, 0.3) is 10.0 Å². The van der Waals surface area contributed by atoms with Crippen molar-refractivity contribution >= 4 is 16.1 Å². The van der Waals surface area contributed by atoms with E-state index in [2.05, 4.69) is 13.5 Å². The number of hydrogen-bond donors (Lipinski definition) is 0. The molecule has 1 fully saturated rings. The van der Waals surface area contributed by atoms with E-state index >= 15 is 0 Å². The van der Waals surface area contributed by atoms with E-state index in [1.807, 2.05) is 6.92 Å². The van der Waals surface area contributed by atoms with Gasteiger partial charge in [-0.05, 0) is 31.9 Å². The van der Waals surface area contributed by atoms with Gasteiger partial charge in [0.15, 0.2) is 0 Å². The van der Waals surface area contributed by atoms with Crippen LogP contribution in [0, 0.1) is 6.92 Å². The molecule has 6 heteroatoms. The second-order valence-corrected chi connectivity index (χ2v) is 9.03. The van der Waals surface area contributed by atoms with Gasteiger partial charge in [-0.15, -0.1) is 6.58 Å². The van der Waals surface area contributed by atoms with Crippen molar-refractivity contribution in [3.63, 3.8) is 0 Å². The van der Waals surface area contributed by atoms with Gasteiger partial charge in [-0.25, -0.2) is 13.2 Å². The van der Waals surface area contributed by atoms with Crippen LogP contribution in [0.1, 0.15) is 63.9 Å². The Morgan fingerprint density at radius 3 is 2.41 bits per heavy atom. The first kappa shape index (κ1) is 21.5. The Bertz CT molecular complexity index is 727. The third-order valence-electron chi connectivity index (χ3n) is 4.98. The quantitative estimate of drug-likeness (QED) is 0.405. The molecule has 0 saturated carbocycles. The number of ether oxygens (including phenoxy) is 1. The molecule has 5 nitrogen and oxygen atoms in total. The van der Waals surface area contributed by atoms with Gasteiger partial charge in [0, 0.05) is 6.42 Å². The molecule has 0 unspecified atom stereocenters. The third kappa shape index (κ3) is 5.58. The van der Waals surface area contributed by atoms with E-state index in [0.717, 1.165) is 29.1 Å². The molecule has 150 valence electrons. The van der Waals surface area contributed by atoms with E-state index < -0.39 is 22.2 Å². The van der Waals surface area contributed by atoms with Crippen LogP contribution in [0.5, 0.6) is 0 Å². The van der Waals surface area contributed by atoms with Crippen LogP contribution in [0.25, 0.3) is 0 Å².